The maximum absolute atomic E-state index is 11.5. The molecule has 0 aliphatic rings. The number of rotatable bonds is 20. The molecule has 0 radical (unpaired) electrons. The molecule has 1 amide bonds. The Hall–Kier alpha value is -2.16. The molecule has 8 heteroatoms. The number of amides is 1. The van der Waals surface area contributed by atoms with Crippen LogP contribution < -0.4 is 10.1 Å². The van der Waals surface area contributed by atoms with Crippen molar-refractivity contribution in [2.24, 2.45) is 0 Å². The molecule has 0 aliphatic carbocycles. The summed E-state index contributed by atoms with van der Waals surface area (Å²) in [4.78, 5) is 21.9. The van der Waals surface area contributed by atoms with Crippen molar-refractivity contribution in [3.63, 3.8) is 0 Å². The normalized spacial score (nSPS) is 11.2. The lowest BCUT2D eigenvalue weighted by Gasteiger charge is -2.19. The molecular weight excluding hydrogens is 426 g/mol. The van der Waals surface area contributed by atoms with E-state index in [1.807, 2.05) is 45.0 Å². The van der Waals surface area contributed by atoms with Crippen molar-refractivity contribution in [1.82, 2.24) is 5.32 Å². The summed E-state index contributed by atoms with van der Waals surface area (Å²) in [7, 11) is 0. The van der Waals surface area contributed by atoms with Crippen LogP contribution in [-0.4, -0.2) is 64.2 Å². The summed E-state index contributed by atoms with van der Waals surface area (Å²) >= 11 is 0. The van der Waals surface area contributed by atoms with Crippen LogP contribution in [0, 0.1) is 0 Å². The van der Waals surface area contributed by atoms with E-state index in [0.717, 1.165) is 43.6 Å². The minimum Gasteiger partial charge on any atom is -0.494 e. The molecule has 0 atom stereocenters. The lowest BCUT2D eigenvalue weighted by molar-refractivity contribution is -0.156. The van der Waals surface area contributed by atoms with Crippen LogP contribution in [0.25, 0.3) is 0 Å². The minimum atomic E-state index is -0.459. The predicted molar refractivity (Wildman–Crippen MR) is 126 cm³/mol. The number of unbranched alkanes of at least 4 members (excludes halogenated alkanes) is 3. The minimum absolute atomic E-state index is 0.250. The second-order valence-corrected chi connectivity index (χ2v) is 8.58. The lowest BCUT2D eigenvalue weighted by atomic mass is 10.2. The maximum atomic E-state index is 11.5. The van der Waals surface area contributed by atoms with Crippen LogP contribution in [0.2, 0.25) is 0 Å². The molecule has 33 heavy (non-hydrogen) atoms. The number of hydrogen-bond donors (Lipinski definition) is 1. The Morgan fingerprint density at radius 2 is 1.52 bits per heavy atom. The molecule has 1 aromatic carbocycles. The van der Waals surface area contributed by atoms with Gasteiger partial charge >= 0.3 is 5.97 Å². The molecule has 0 bridgehead atoms. The van der Waals surface area contributed by atoms with Crippen molar-refractivity contribution in [1.29, 1.82) is 0 Å². The zero-order valence-corrected chi connectivity index (χ0v) is 20.4. The first-order chi connectivity index (χ1) is 15.9. The summed E-state index contributed by atoms with van der Waals surface area (Å²) in [6.45, 7) is 9.81. The fraction of sp³-hybridized carbons (Fsp3) is 0.680. The Morgan fingerprint density at radius 1 is 0.879 bits per heavy atom. The standard InChI is InChI=1S/C25H41NO7/c1-25(2,3)33-24(28)11-14-30-16-18-31-17-15-29-12-6-4-5-7-13-32-23-10-8-9-22(19-23)20-26-21-27/h8-10,19,21H,4-7,11-18,20H2,1-3H3,(H,26,27). The third-order valence-electron chi connectivity index (χ3n) is 4.35. The first-order valence-electron chi connectivity index (χ1n) is 11.7. The first-order valence-corrected chi connectivity index (χ1v) is 11.7. The van der Waals surface area contributed by atoms with Gasteiger partial charge in [0.05, 0.1) is 46.1 Å². The van der Waals surface area contributed by atoms with E-state index >= 15 is 0 Å². The van der Waals surface area contributed by atoms with E-state index in [1.54, 1.807) is 0 Å². The number of nitrogens with one attached hydrogen (secondary N) is 1. The molecule has 188 valence electrons. The first kappa shape index (κ1) is 28.9. The van der Waals surface area contributed by atoms with Gasteiger partial charge in [0.25, 0.3) is 0 Å². The lowest BCUT2D eigenvalue weighted by Crippen LogP contribution is -2.24. The van der Waals surface area contributed by atoms with E-state index in [4.69, 9.17) is 23.7 Å². The van der Waals surface area contributed by atoms with Gasteiger partial charge in [-0.25, -0.2) is 0 Å². The van der Waals surface area contributed by atoms with Gasteiger partial charge < -0.3 is 29.0 Å². The third kappa shape index (κ3) is 18.0. The molecule has 8 nitrogen and oxygen atoms in total. The zero-order valence-electron chi connectivity index (χ0n) is 20.4. The van der Waals surface area contributed by atoms with Gasteiger partial charge in [-0.2, -0.15) is 0 Å². The van der Waals surface area contributed by atoms with Crippen LogP contribution in [0.1, 0.15) is 58.4 Å². The Morgan fingerprint density at radius 3 is 2.18 bits per heavy atom. The van der Waals surface area contributed by atoms with Gasteiger partial charge in [0, 0.05) is 13.2 Å². The van der Waals surface area contributed by atoms with Gasteiger partial charge in [0.15, 0.2) is 0 Å². The fourth-order valence-corrected chi connectivity index (χ4v) is 2.84. The summed E-state index contributed by atoms with van der Waals surface area (Å²) in [5.74, 6) is 0.580. The smallest absolute Gasteiger partial charge is 0.308 e. The van der Waals surface area contributed by atoms with Gasteiger partial charge in [-0.15, -0.1) is 0 Å². The van der Waals surface area contributed by atoms with Crippen molar-refractivity contribution in [3.05, 3.63) is 29.8 Å². The second kappa shape index (κ2) is 18.3. The average molecular weight is 468 g/mol. The fourth-order valence-electron chi connectivity index (χ4n) is 2.84. The highest BCUT2D eigenvalue weighted by Crippen LogP contribution is 2.14. The molecule has 0 fully saturated rings. The van der Waals surface area contributed by atoms with Gasteiger partial charge in [-0.05, 0) is 57.7 Å². The number of ether oxygens (including phenoxy) is 5. The van der Waals surface area contributed by atoms with Gasteiger partial charge in [-0.3, -0.25) is 9.59 Å². The van der Waals surface area contributed by atoms with Crippen molar-refractivity contribution in [2.45, 2.75) is 65.0 Å². The Labute approximate surface area is 198 Å². The summed E-state index contributed by atoms with van der Waals surface area (Å²) in [5, 5.41) is 2.65. The summed E-state index contributed by atoms with van der Waals surface area (Å²) in [5.41, 5.74) is 0.561. The highest BCUT2D eigenvalue weighted by Gasteiger charge is 2.15. The summed E-state index contributed by atoms with van der Waals surface area (Å²) in [6, 6.07) is 7.76. The molecule has 1 rings (SSSR count). The molecule has 1 aromatic rings. The number of hydrogen-bond acceptors (Lipinski definition) is 7. The molecule has 0 aromatic heterocycles. The van der Waals surface area contributed by atoms with Gasteiger partial charge in [0.1, 0.15) is 11.4 Å². The van der Waals surface area contributed by atoms with E-state index in [1.165, 1.54) is 0 Å². The van der Waals surface area contributed by atoms with E-state index in [-0.39, 0.29) is 12.4 Å². The van der Waals surface area contributed by atoms with Crippen LogP contribution in [0.3, 0.4) is 0 Å². The summed E-state index contributed by atoms with van der Waals surface area (Å²) < 4.78 is 27.4. The molecule has 0 spiro atoms. The Balaban J connectivity index is 1.83. The van der Waals surface area contributed by atoms with E-state index in [2.05, 4.69) is 5.32 Å². The van der Waals surface area contributed by atoms with Crippen LogP contribution in [0.4, 0.5) is 0 Å². The topological polar surface area (TPSA) is 92.3 Å². The molecular formula is C25H41NO7. The quantitative estimate of drug-likeness (QED) is 0.178. The number of carbonyl (C=O) groups is 2. The zero-order chi connectivity index (χ0) is 24.2. The Kier molecular flexibility index (Phi) is 16.0. The van der Waals surface area contributed by atoms with Crippen LogP contribution in [-0.2, 0) is 35.1 Å². The van der Waals surface area contributed by atoms with E-state index < -0.39 is 5.60 Å². The van der Waals surface area contributed by atoms with Crippen molar-refractivity contribution in [3.8, 4) is 5.75 Å². The second-order valence-electron chi connectivity index (χ2n) is 8.58. The molecule has 0 heterocycles. The van der Waals surface area contributed by atoms with Crippen LogP contribution in [0.5, 0.6) is 5.75 Å². The van der Waals surface area contributed by atoms with E-state index in [0.29, 0.717) is 52.6 Å². The van der Waals surface area contributed by atoms with Crippen molar-refractivity contribution < 1.29 is 33.3 Å². The predicted octanol–water partition coefficient (Wildman–Crippen LogP) is 3.65. The SMILES string of the molecule is CC(C)(C)OC(=O)CCOCCOCCOCCCCCCOc1cccc(CNC=O)c1. The molecule has 0 aliphatic heterocycles. The number of esters is 1. The van der Waals surface area contributed by atoms with Gasteiger partial charge in [-0.1, -0.05) is 18.6 Å². The highest BCUT2D eigenvalue weighted by atomic mass is 16.6. The van der Waals surface area contributed by atoms with E-state index in [9.17, 15) is 9.59 Å². The largest absolute Gasteiger partial charge is 0.494 e. The van der Waals surface area contributed by atoms with Crippen molar-refractivity contribution >= 4 is 12.4 Å². The third-order valence-corrected chi connectivity index (χ3v) is 4.35. The number of benzene rings is 1. The molecule has 0 saturated carbocycles. The van der Waals surface area contributed by atoms with Crippen molar-refractivity contribution in [2.75, 3.05) is 46.2 Å². The maximum Gasteiger partial charge on any atom is 0.308 e. The molecule has 0 saturated heterocycles. The Bertz CT molecular complexity index is 646. The highest BCUT2D eigenvalue weighted by molar-refractivity contribution is 5.69. The molecule has 0 unspecified atom stereocenters. The summed E-state index contributed by atoms with van der Waals surface area (Å²) in [6.07, 6.45) is 5.14. The van der Waals surface area contributed by atoms with Gasteiger partial charge in [0.2, 0.25) is 6.41 Å². The monoisotopic (exact) mass is 467 g/mol. The van der Waals surface area contributed by atoms with Crippen LogP contribution >= 0.6 is 0 Å². The average Bonchev–Trinajstić information content (AvgIpc) is 2.76. The van der Waals surface area contributed by atoms with Crippen LogP contribution in [0.15, 0.2) is 24.3 Å². The number of carbonyl (C=O) groups excluding carboxylic acids is 2. The molecule has 1 N–H and O–H groups in total.